The number of aryl methyl sites for hydroxylation is 1. The van der Waals surface area contributed by atoms with Gasteiger partial charge in [0.1, 0.15) is 17.2 Å². The Hall–Kier alpha value is -4.33. The molecule has 2 aromatic carbocycles. The Morgan fingerprint density at radius 1 is 0.935 bits per heavy atom. The minimum atomic E-state index is -0.364. The number of hydrogen-bond donors (Lipinski definition) is 2. The molecule has 0 atom stereocenters. The Bertz CT molecular complexity index is 1270. The van der Waals surface area contributed by atoms with E-state index >= 15 is 0 Å². The van der Waals surface area contributed by atoms with E-state index in [4.69, 9.17) is 4.74 Å². The SMILES string of the molecule is CC(=O)Nc1cccc2c(Oc3cc(NC(=O)c4cnccn4)ccc3C)ccnc12. The summed E-state index contributed by atoms with van der Waals surface area (Å²) >= 11 is 0. The fraction of sp³-hybridized carbons (Fsp3) is 0.0870. The van der Waals surface area contributed by atoms with E-state index in [0.717, 1.165) is 10.9 Å². The van der Waals surface area contributed by atoms with E-state index in [2.05, 4.69) is 25.6 Å². The highest BCUT2D eigenvalue weighted by atomic mass is 16.5. The van der Waals surface area contributed by atoms with Gasteiger partial charge in [0.2, 0.25) is 5.91 Å². The molecular formula is C23H19N5O3. The van der Waals surface area contributed by atoms with E-state index in [-0.39, 0.29) is 17.5 Å². The fourth-order valence-electron chi connectivity index (χ4n) is 3.05. The number of fused-ring (bicyclic) bond motifs is 1. The minimum absolute atomic E-state index is 0.178. The second-order valence-electron chi connectivity index (χ2n) is 6.82. The Morgan fingerprint density at radius 3 is 2.58 bits per heavy atom. The van der Waals surface area contributed by atoms with Crippen LogP contribution in [0.1, 0.15) is 23.0 Å². The van der Waals surface area contributed by atoms with Crippen molar-refractivity contribution in [3.05, 3.63) is 78.5 Å². The van der Waals surface area contributed by atoms with Crippen LogP contribution >= 0.6 is 0 Å². The van der Waals surface area contributed by atoms with Gasteiger partial charge in [0, 0.05) is 42.7 Å². The van der Waals surface area contributed by atoms with E-state index < -0.39 is 0 Å². The first-order valence-electron chi connectivity index (χ1n) is 9.52. The van der Waals surface area contributed by atoms with Crippen LogP contribution in [0.3, 0.4) is 0 Å². The molecule has 0 saturated heterocycles. The van der Waals surface area contributed by atoms with Gasteiger partial charge in [0.15, 0.2) is 0 Å². The Kier molecular flexibility index (Phi) is 5.53. The predicted molar refractivity (Wildman–Crippen MR) is 117 cm³/mol. The number of anilines is 2. The van der Waals surface area contributed by atoms with Crippen LogP contribution in [-0.4, -0.2) is 26.8 Å². The van der Waals surface area contributed by atoms with Crippen molar-refractivity contribution in [2.75, 3.05) is 10.6 Å². The summed E-state index contributed by atoms with van der Waals surface area (Å²) in [5.74, 6) is 0.618. The summed E-state index contributed by atoms with van der Waals surface area (Å²) in [6, 6.07) is 12.6. The number of rotatable bonds is 5. The number of benzene rings is 2. The molecule has 0 bridgehead atoms. The molecule has 0 radical (unpaired) electrons. The van der Waals surface area contributed by atoms with Crippen LogP contribution in [0.15, 0.2) is 67.3 Å². The number of pyridine rings is 1. The van der Waals surface area contributed by atoms with E-state index in [1.165, 1.54) is 25.5 Å². The number of nitrogens with one attached hydrogen (secondary N) is 2. The van der Waals surface area contributed by atoms with Gasteiger partial charge in [-0.25, -0.2) is 4.98 Å². The van der Waals surface area contributed by atoms with Crippen molar-refractivity contribution in [3.63, 3.8) is 0 Å². The highest BCUT2D eigenvalue weighted by Gasteiger charge is 2.12. The third kappa shape index (κ3) is 4.48. The molecule has 2 aromatic heterocycles. The molecule has 0 spiro atoms. The van der Waals surface area contributed by atoms with Crippen LogP contribution in [0.5, 0.6) is 11.5 Å². The van der Waals surface area contributed by atoms with Crippen molar-refractivity contribution in [1.82, 2.24) is 15.0 Å². The van der Waals surface area contributed by atoms with Gasteiger partial charge >= 0.3 is 0 Å². The number of ether oxygens (including phenoxy) is 1. The summed E-state index contributed by atoms with van der Waals surface area (Å²) in [6.45, 7) is 3.36. The third-order valence-electron chi connectivity index (χ3n) is 4.50. The number of para-hydroxylation sites is 1. The van der Waals surface area contributed by atoms with Gasteiger partial charge in [-0.1, -0.05) is 12.1 Å². The lowest BCUT2D eigenvalue weighted by atomic mass is 10.1. The topological polar surface area (TPSA) is 106 Å². The highest BCUT2D eigenvalue weighted by Crippen LogP contribution is 2.34. The van der Waals surface area contributed by atoms with Crippen molar-refractivity contribution in [2.24, 2.45) is 0 Å². The summed E-state index contributed by atoms with van der Waals surface area (Å²) in [6.07, 6.45) is 5.99. The van der Waals surface area contributed by atoms with Gasteiger partial charge in [-0.15, -0.1) is 0 Å². The van der Waals surface area contributed by atoms with E-state index in [1.807, 2.05) is 25.1 Å². The van der Waals surface area contributed by atoms with Gasteiger partial charge in [-0.3, -0.25) is 19.6 Å². The first kappa shape index (κ1) is 20.0. The van der Waals surface area contributed by atoms with Crippen LogP contribution in [0.4, 0.5) is 11.4 Å². The number of amides is 2. The van der Waals surface area contributed by atoms with Crippen LogP contribution in [0.2, 0.25) is 0 Å². The summed E-state index contributed by atoms with van der Waals surface area (Å²) in [5, 5.41) is 6.33. The zero-order chi connectivity index (χ0) is 21.8. The minimum Gasteiger partial charge on any atom is -0.456 e. The molecule has 2 N–H and O–H groups in total. The standard InChI is InChI=1S/C23H19N5O3/c1-14-6-7-16(28-23(30)19-13-24-10-11-25-19)12-21(14)31-20-8-9-26-22-17(20)4-3-5-18(22)27-15(2)29/h3-13H,1-2H3,(H,27,29)(H,28,30). The van der Waals surface area contributed by atoms with Gasteiger partial charge in [-0.05, 0) is 36.8 Å². The lowest BCUT2D eigenvalue weighted by Crippen LogP contribution is -2.13. The molecular weight excluding hydrogens is 394 g/mol. The van der Waals surface area contributed by atoms with E-state index in [0.29, 0.717) is 28.4 Å². The van der Waals surface area contributed by atoms with Crippen molar-refractivity contribution in [1.29, 1.82) is 0 Å². The zero-order valence-electron chi connectivity index (χ0n) is 16.9. The van der Waals surface area contributed by atoms with Crippen molar-refractivity contribution >= 4 is 34.1 Å². The van der Waals surface area contributed by atoms with Crippen molar-refractivity contribution in [3.8, 4) is 11.5 Å². The molecule has 8 heteroatoms. The summed E-state index contributed by atoms with van der Waals surface area (Å²) < 4.78 is 6.18. The largest absolute Gasteiger partial charge is 0.456 e. The molecule has 154 valence electrons. The molecule has 8 nitrogen and oxygen atoms in total. The van der Waals surface area contributed by atoms with Gasteiger partial charge in [0.05, 0.1) is 17.4 Å². The van der Waals surface area contributed by atoms with Crippen molar-refractivity contribution < 1.29 is 14.3 Å². The smallest absolute Gasteiger partial charge is 0.275 e. The molecule has 2 amide bonds. The maximum Gasteiger partial charge on any atom is 0.275 e. The molecule has 2 heterocycles. The van der Waals surface area contributed by atoms with Gasteiger partial charge in [0.25, 0.3) is 5.91 Å². The second kappa shape index (κ2) is 8.58. The zero-order valence-corrected chi connectivity index (χ0v) is 16.9. The molecule has 0 aliphatic rings. The van der Waals surface area contributed by atoms with Gasteiger partial charge < -0.3 is 15.4 Å². The van der Waals surface area contributed by atoms with Gasteiger partial charge in [-0.2, -0.15) is 0 Å². The molecule has 0 fully saturated rings. The van der Waals surface area contributed by atoms with Crippen LogP contribution < -0.4 is 15.4 Å². The first-order chi connectivity index (χ1) is 15.0. The fourth-order valence-corrected chi connectivity index (χ4v) is 3.05. The molecule has 0 saturated carbocycles. The molecule has 4 aromatic rings. The Balaban J connectivity index is 1.64. The molecule has 0 aliphatic carbocycles. The lowest BCUT2D eigenvalue weighted by molar-refractivity contribution is -0.114. The van der Waals surface area contributed by atoms with E-state index in [1.54, 1.807) is 30.5 Å². The maximum atomic E-state index is 12.4. The predicted octanol–water partition coefficient (Wildman–Crippen LogP) is 4.34. The summed E-state index contributed by atoms with van der Waals surface area (Å²) in [4.78, 5) is 36.2. The molecule has 0 aliphatic heterocycles. The molecule has 0 unspecified atom stereocenters. The quantitative estimate of drug-likeness (QED) is 0.504. The van der Waals surface area contributed by atoms with Crippen molar-refractivity contribution in [2.45, 2.75) is 13.8 Å². The monoisotopic (exact) mass is 413 g/mol. The number of carbonyl (C=O) groups is 2. The highest BCUT2D eigenvalue weighted by molar-refractivity contribution is 6.03. The number of aromatic nitrogens is 3. The Labute approximate surface area is 178 Å². The maximum absolute atomic E-state index is 12.4. The van der Waals surface area contributed by atoms with Crippen LogP contribution in [0, 0.1) is 6.92 Å². The lowest BCUT2D eigenvalue weighted by Gasteiger charge is -2.14. The van der Waals surface area contributed by atoms with Crippen LogP contribution in [-0.2, 0) is 4.79 Å². The molecule has 31 heavy (non-hydrogen) atoms. The Morgan fingerprint density at radius 2 is 1.81 bits per heavy atom. The molecule has 4 rings (SSSR count). The third-order valence-corrected chi connectivity index (χ3v) is 4.50. The average molecular weight is 413 g/mol. The first-order valence-corrected chi connectivity index (χ1v) is 9.52. The number of nitrogens with zero attached hydrogens (tertiary/aromatic N) is 3. The second-order valence-corrected chi connectivity index (χ2v) is 6.82. The number of hydrogen-bond acceptors (Lipinski definition) is 6. The average Bonchev–Trinajstić information content (AvgIpc) is 2.77. The van der Waals surface area contributed by atoms with E-state index in [9.17, 15) is 9.59 Å². The summed E-state index contributed by atoms with van der Waals surface area (Å²) in [5.41, 5.74) is 2.90. The van der Waals surface area contributed by atoms with Crippen LogP contribution in [0.25, 0.3) is 10.9 Å². The number of carbonyl (C=O) groups excluding carboxylic acids is 2. The normalized spacial score (nSPS) is 10.5. The summed E-state index contributed by atoms with van der Waals surface area (Å²) in [7, 11) is 0.